The number of sulfonamides is 1. The number of rotatable bonds is 4. The number of nitrogens with one attached hydrogen (secondary N) is 2. The van der Waals surface area contributed by atoms with E-state index in [0.29, 0.717) is 12.2 Å². The molecule has 0 spiro atoms. The van der Waals surface area contributed by atoms with Crippen LogP contribution in [0.1, 0.15) is 18.5 Å². The van der Waals surface area contributed by atoms with Gasteiger partial charge in [-0.15, -0.1) is 0 Å². The number of aromatic amines is 1. The van der Waals surface area contributed by atoms with Crippen molar-refractivity contribution in [2.24, 2.45) is 5.92 Å². The summed E-state index contributed by atoms with van der Waals surface area (Å²) in [6.07, 6.45) is -2.84. The predicted molar refractivity (Wildman–Crippen MR) is 71.1 cm³/mol. The largest absolute Gasteiger partial charge is 0.393 e. The second kappa shape index (κ2) is 5.98. The molecule has 2 heterocycles. The van der Waals surface area contributed by atoms with Crippen LogP contribution in [0.2, 0.25) is 0 Å². The van der Waals surface area contributed by atoms with Crippen LogP contribution in [0.15, 0.2) is 17.2 Å². The summed E-state index contributed by atoms with van der Waals surface area (Å²) < 4.78 is 64.0. The van der Waals surface area contributed by atoms with Crippen molar-refractivity contribution in [3.8, 4) is 0 Å². The zero-order valence-electron chi connectivity index (χ0n) is 11.6. The van der Waals surface area contributed by atoms with E-state index in [1.165, 1.54) is 12.3 Å². The van der Waals surface area contributed by atoms with Gasteiger partial charge in [-0.25, -0.2) is 8.42 Å². The molecular weight excluding hydrogens is 307 g/mol. The summed E-state index contributed by atoms with van der Waals surface area (Å²) in [5, 5.41) is 2.87. The van der Waals surface area contributed by atoms with Crippen molar-refractivity contribution < 1.29 is 21.6 Å². The van der Waals surface area contributed by atoms with Gasteiger partial charge in [-0.3, -0.25) is 0 Å². The molecule has 1 aliphatic heterocycles. The first kappa shape index (κ1) is 16.3. The minimum Gasteiger partial charge on any atom is -0.363 e. The number of piperidine rings is 1. The second-order valence-electron chi connectivity index (χ2n) is 5.13. The lowest BCUT2D eigenvalue weighted by Crippen LogP contribution is -2.44. The lowest BCUT2D eigenvalue weighted by molar-refractivity contribution is -0.182. The number of nitrogens with zero attached hydrogens (tertiary/aromatic N) is 1. The monoisotopic (exact) mass is 325 g/mol. The Morgan fingerprint density at radius 3 is 2.81 bits per heavy atom. The van der Waals surface area contributed by atoms with Crippen LogP contribution in [0, 0.1) is 5.92 Å². The highest BCUT2D eigenvalue weighted by Gasteiger charge is 2.44. The summed E-state index contributed by atoms with van der Waals surface area (Å²) >= 11 is 0. The fraction of sp³-hybridized carbons (Fsp3) is 0.667. The van der Waals surface area contributed by atoms with E-state index in [4.69, 9.17) is 0 Å². The van der Waals surface area contributed by atoms with Crippen LogP contribution in [-0.2, 0) is 16.6 Å². The Hall–Kier alpha value is -1.06. The molecule has 9 heteroatoms. The first-order valence-corrected chi connectivity index (χ1v) is 8.08. The van der Waals surface area contributed by atoms with Crippen LogP contribution in [0.25, 0.3) is 0 Å². The van der Waals surface area contributed by atoms with Crippen molar-refractivity contribution in [3.63, 3.8) is 0 Å². The van der Waals surface area contributed by atoms with Crippen LogP contribution in [0.5, 0.6) is 0 Å². The normalized spacial score (nSPS) is 21.6. The van der Waals surface area contributed by atoms with Crippen LogP contribution in [0.4, 0.5) is 13.2 Å². The predicted octanol–water partition coefficient (Wildman–Crippen LogP) is 1.70. The van der Waals surface area contributed by atoms with E-state index in [9.17, 15) is 21.6 Å². The van der Waals surface area contributed by atoms with E-state index in [0.717, 1.165) is 4.31 Å². The smallest absolute Gasteiger partial charge is 0.363 e. The van der Waals surface area contributed by atoms with Gasteiger partial charge in [0, 0.05) is 31.5 Å². The van der Waals surface area contributed by atoms with Crippen molar-refractivity contribution >= 4 is 10.0 Å². The second-order valence-corrected chi connectivity index (χ2v) is 7.07. The van der Waals surface area contributed by atoms with Gasteiger partial charge in [-0.1, -0.05) is 0 Å². The summed E-state index contributed by atoms with van der Waals surface area (Å²) in [5.41, 5.74) is 0.667. The molecule has 1 aliphatic rings. The van der Waals surface area contributed by atoms with Crippen LogP contribution < -0.4 is 5.32 Å². The van der Waals surface area contributed by atoms with Gasteiger partial charge in [0.15, 0.2) is 0 Å². The van der Waals surface area contributed by atoms with Crippen molar-refractivity contribution in [1.82, 2.24) is 14.6 Å². The lowest BCUT2D eigenvalue weighted by atomic mass is 9.99. The van der Waals surface area contributed by atoms with Crippen LogP contribution in [-0.4, -0.2) is 44.0 Å². The fourth-order valence-corrected chi connectivity index (χ4v) is 3.98. The van der Waals surface area contributed by atoms with Gasteiger partial charge in [0.05, 0.1) is 10.8 Å². The zero-order valence-corrected chi connectivity index (χ0v) is 12.4. The maximum absolute atomic E-state index is 12.8. The average molecular weight is 325 g/mol. The number of hydrogen-bond acceptors (Lipinski definition) is 3. The van der Waals surface area contributed by atoms with Crippen molar-refractivity contribution in [2.75, 3.05) is 20.1 Å². The average Bonchev–Trinajstić information content (AvgIpc) is 2.88. The quantitative estimate of drug-likeness (QED) is 0.885. The molecule has 1 unspecified atom stereocenters. The van der Waals surface area contributed by atoms with Crippen LogP contribution >= 0.6 is 0 Å². The Labute approximate surface area is 121 Å². The molecule has 0 bridgehead atoms. The third-order valence-electron chi connectivity index (χ3n) is 3.57. The summed E-state index contributed by atoms with van der Waals surface area (Å²) in [4.78, 5) is 2.81. The molecule has 1 atom stereocenters. The Morgan fingerprint density at radius 2 is 2.19 bits per heavy atom. The highest BCUT2D eigenvalue weighted by atomic mass is 32.2. The van der Waals surface area contributed by atoms with E-state index in [1.807, 2.05) is 0 Å². The summed E-state index contributed by atoms with van der Waals surface area (Å²) in [6, 6.07) is 1.45. The Kier molecular flexibility index (Phi) is 4.64. The molecule has 21 heavy (non-hydrogen) atoms. The molecule has 1 saturated heterocycles. The molecule has 2 rings (SSSR count). The van der Waals surface area contributed by atoms with E-state index in [1.54, 1.807) is 7.05 Å². The zero-order chi connectivity index (χ0) is 15.7. The van der Waals surface area contributed by atoms with Gasteiger partial charge in [0.25, 0.3) is 0 Å². The van der Waals surface area contributed by atoms with E-state index in [2.05, 4.69) is 10.3 Å². The lowest BCUT2D eigenvalue weighted by Gasteiger charge is -2.32. The number of H-pyrrole nitrogens is 1. The Balaban J connectivity index is 2.18. The van der Waals surface area contributed by atoms with Crippen molar-refractivity contribution in [3.05, 3.63) is 18.0 Å². The molecule has 1 aromatic rings. The molecule has 0 aliphatic carbocycles. The molecule has 2 N–H and O–H groups in total. The van der Waals surface area contributed by atoms with E-state index >= 15 is 0 Å². The molecule has 1 fully saturated rings. The molecular formula is C12H18F3N3O2S. The van der Waals surface area contributed by atoms with Gasteiger partial charge < -0.3 is 10.3 Å². The summed E-state index contributed by atoms with van der Waals surface area (Å²) in [6.45, 7) is 0.0839. The van der Waals surface area contributed by atoms with Gasteiger partial charge in [-0.05, 0) is 26.0 Å². The third kappa shape index (κ3) is 3.58. The molecule has 1 aromatic heterocycles. The van der Waals surface area contributed by atoms with Crippen LogP contribution in [0.3, 0.4) is 0 Å². The topological polar surface area (TPSA) is 65.2 Å². The molecule has 0 radical (unpaired) electrons. The van der Waals surface area contributed by atoms with Gasteiger partial charge in [0.2, 0.25) is 10.0 Å². The van der Waals surface area contributed by atoms with Crippen molar-refractivity contribution in [2.45, 2.75) is 30.5 Å². The minimum atomic E-state index is -4.36. The third-order valence-corrected chi connectivity index (χ3v) is 5.41. The highest BCUT2D eigenvalue weighted by Crippen LogP contribution is 2.34. The Bertz CT molecular complexity index is 583. The molecule has 0 aromatic carbocycles. The Morgan fingerprint density at radius 1 is 1.48 bits per heavy atom. The highest BCUT2D eigenvalue weighted by molar-refractivity contribution is 7.89. The minimum absolute atomic E-state index is 0.00979. The number of hydrogen-bond donors (Lipinski definition) is 2. The van der Waals surface area contributed by atoms with Gasteiger partial charge in [-0.2, -0.15) is 17.5 Å². The first-order chi connectivity index (χ1) is 9.75. The number of alkyl halides is 3. The number of halogens is 3. The molecule has 120 valence electrons. The van der Waals surface area contributed by atoms with E-state index in [-0.39, 0.29) is 24.3 Å². The molecule has 5 nitrogen and oxygen atoms in total. The van der Waals surface area contributed by atoms with Gasteiger partial charge >= 0.3 is 6.18 Å². The summed E-state index contributed by atoms with van der Waals surface area (Å²) in [5.74, 6) is -1.59. The molecule has 0 saturated carbocycles. The van der Waals surface area contributed by atoms with Gasteiger partial charge in [0.1, 0.15) is 0 Å². The molecule has 0 amide bonds. The summed E-state index contributed by atoms with van der Waals surface area (Å²) in [7, 11) is -2.16. The van der Waals surface area contributed by atoms with Crippen molar-refractivity contribution in [1.29, 1.82) is 0 Å². The standard InChI is InChI=1S/C12H18F3N3O2S/c1-16-6-10-5-11(7-17-10)21(19,20)18-4-2-3-9(8-18)12(13,14)15/h5,7,9,16-17H,2-4,6,8H2,1H3. The fourth-order valence-electron chi connectivity index (χ4n) is 2.44. The maximum Gasteiger partial charge on any atom is 0.393 e. The number of aromatic nitrogens is 1. The van der Waals surface area contributed by atoms with E-state index < -0.39 is 28.7 Å². The SMILES string of the molecule is CNCc1cc(S(=O)(=O)N2CCCC(C(F)(F)F)C2)c[nH]1. The first-order valence-electron chi connectivity index (χ1n) is 6.64. The maximum atomic E-state index is 12.8.